The van der Waals surface area contributed by atoms with Crippen LogP contribution in [-0.2, 0) is 6.54 Å². The van der Waals surface area contributed by atoms with Crippen molar-refractivity contribution in [2.24, 2.45) is 0 Å². The largest absolute Gasteiger partial charge is 0.392 e. The Bertz CT molecular complexity index is 1010. The molecule has 3 aromatic rings. The fraction of sp³-hybridized carbons (Fsp3) is 0.381. The summed E-state index contributed by atoms with van der Waals surface area (Å²) < 4.78 is 1.45. The second kappa shape index (κ2) is 8.18. The molecule has 4 rings (SSSR count). The van der Waals surface area contributed by atoms with Crippen LogP contribution in [0, 0.1) is 0 Å². The van der Waals surface area contributed by atoms with Crippen LogP contribution in [0.3, 0.4) is 0 Å². The van der Waals surface area contributed by atoms with Gasteiger partial charge in [-0.3, -0.25) is 14.3 Å². The molecule has 28 heavy (non-hydrogen) atoms. The van der Waals surface area contributed by atoms with Crippen LogP contribution in [0.4, 0.5) is 0 Å². The van der Waals surface area contributed by atoms with Gasteiger partial charge in [0.05, 0.1) is 36.0 Å². The zero-order valence-electron chi connectivity index (χ0n) is 15.5. The number of nitrogens with zero attached hydrogens (tertiary/aromatic N) is 3. The smallest absolute Gasteiger partial charge is 0.261 e. The minimum absolute atomic E-state index is 0.133. The highest BCUT2D eigenvalue weighted by atomic mass is 16.3. The van der Waals surface area contributed by atoms with E-state index >= 15 is 0 Å². The Morgan fingerprint density at radius 1 is 1.29 bits per heavy atom. The van der Waals surface area contributed by atoms with E-state index in [0.29, 0.717) is 17.3 Å². The summed E-state index contributed by atoms with van der Waals surface area (Å²) in [4.78, 5) is 21.7. The fourth-order valence-electron chi connectivity index (χ4n) is 3.86. The predicted molar refractivity (Wildman–Crippen MR) is 107 cm³/mol. The van der Waals surface area contributed by atoms with Crippen molar-refractivity contribution in [3.63, 3.8) is 0 Å². The number of aliphatic hydroxyl groups is 2. The van der Waals surface area contributed by atoms with E-state index in [0.717, 1.165) is 30.5 Å². The monoisotopic (exact) mass is 380 g/mol. The van der Waals surface area contributed by atoms with E-state index in [-0.39, 0.29) is 18.1 Å². The number of rotatable bonds is 5. The molecule has 7 heteroatoms. The Balaban J connectivity index is 1.63. The highest BCUT2D eigenvalue weighted by Gasteiger charge is 2.25. The van der Waals surface area contributed by atoms with Gasteiger partial charge in [0, 0.05) is 24.0 Å². The van der Waals surface area contributed by atoms with Crippen molar-refractivity contribution in [3.8, 4) is 11.1 Å². The highest BCUT2D eigenvalue weighted by molar-refractivity contribution is 5.93. The maximum absolute atomic E-state index is 13.1. The van der Waals surface area contributed by atoms with Crippen LogP contribution in [0.2, 0.25) is 0 Å². The molecular formula is C21H24N4O3. The summed E-state index contributed by atoms with van der Waals surface area (Å²) in [6, 6.07) is 9.13. The molecule has 0 amide bonds. The minimum Gasteiger partial charge on any atom is -0.392 e. The molecule has 3 heterocycles. The third kappa shape index (κ3) is 3.82. The lowest BCUT2D eigenvalue weighted by molar-refractivity contribution is 0.0539. The number of hydrogen-bond acceptors (Lipinski definition) is 6. The maximum atomic E-state index is 13.1. The van der Waals surface area contributed by atoms with E-state index in [1.54, 1.807) is 18.5 Å². The predicted octanol–water partition coefficient (Wildman–Crippen LogP) is 1.32. The van der Waals surface area contributed by atoms with Gasteiger partial charge in [0.1, 0.15) is 0 Å². The fourth-order valence-corrected chi connectivity index (χ4v) is 3.86. The number of aromatic nitrogens is 3. The van der Waals surface area contributed by atoms with Crippen molar-refractivity contribution in [2.75, 3.05) is 6.54 Å². The molecule has 146 valence electrons. The Morgan fingerprint density at radius 3 is 2.96 bits per heavy atom. The van der Waals surface area contributed by atoms with E-state index in [4.69, 9.17) is 0 Å². The summed E-state index contributed by atoms with van der Waals surface area (Å²) >= 11 is 0. The van der Waals surface area contributed by atoms with Crippen molar-refractivity contribution in [3.05, 3.63) is 59.4 Å². The number of nitrogens with one attached hydrogen (secondary N) is 1. The summed E-state index contributed by atoms with van der Waals surface area (Å²) in [5, 5.41) is 24.3. The molecular weight excluding hydrogens is 356 g/mol. The molecule has 1 aromatic carbocycles. The van der Waals surface area contributed by atoms with E-state index in [1.807, 2.05) is 24.3 Å². The third-order valence-corrected chi connectivity index (χ3v) is 5.31. The molecule has 0 saturated carbocycles. The van der Waals surface area contributed by atoms with Gasteiger partial charge in [0.2, 0.25) is 0 Å². The summed E-state index contributed by atoms with van der Waals surface area (Å²) in [5.74, 6) is 0. The average Bonchev–Trinajstić information content (AvgIpc) is 2.72. The van der Waals surface area contributed by atoms with Crippen molar-refractivity contribution < 1.29 is 10.2 Å². The van der Waals surface area contributed by atoms with E-state index in [2.05, 4.69) is 15.3 Å². The molecule has 1 aliphatic rings. The van der Waals surface area contributed by atoms with Crippen LogP contribution >= 0.6 is 0 Å². The van der Waals surface area contributed by atoms with Gasteiger partial charge in [-0.15, -0.1) is 0 Å². The number of benzene rings is 1. The molecule has 0 bridgehead atoms. The Hall–Kier alpha value is -2.61. The zero-order chi connectivity index (χ0) is 19.5. The Kier molecular flexibility index (Phi) is 5.47. The quantitative estimate of drug-likeness (QED) is 0.617. The van der Waals surface area contributed by atoms with Crippen molar-refractivity contribution in [2.45, 2.75) is 44.1 Å². The van der Waals surface area contributed by atoms with Gasteiger partial charge in [0.15, 0.2) is 0 Å². The van der Waals surface area contributed by atoms with Gasteiger partial charge in [-0.2, -0.15) is 0 Å². The van der Waals surface area contributed by atoms with Crippen LogP contribution in [0.1, 0.15) is 19.3 Å². The first-order valence-electron chi connectivity index (χ1n) is 9.61. The number of hydrogen-bond donors (Lipinski definition) is 3. The zero-order valence-corrected chi connectivity index (χ0v) is 15.5. The second-order valence-electron chi connectivity index (χ2n) is 7.30. The molecule has 0 spiro atoms. The normalized spacial score (nSPS) is 20.9. The molecule has 1 unspecified atom stereocenters. The van der Waals surface area contributed by atoms with E-state index in [9.17, 15) is 15.0 Å². The molecule has 0 radical (unpaired) electrons. The van der Waals surface area contributed by atoms with E-state index < -0.39 is 12.2 Å². The molecule has 1 fully saturated rings. The molecule has 3 N–H and O–H groups in total. The average molecular weight is 380 g/mol. The van der Waals surface area contributed by atoms with Gasteiger partial charge >= 0.3 is 0 Å². The lowest BCUT2D eigenvalue weighted by Gasteiger charge is -2.30. The molecule has 3 atom stereocenters. The number of piperidine rings is 1. The number of aliphatic hydroxyl groups excluding tert-OH is 2. The molecule has 7 nitrogen and oxygen atoms in total. The number of fused-ring (bicyclic) bond motifs is 1. The third-order valence-electron chi connectivity index (χ3n) is 5.31. The second-order valence-corrected chi connectivity index (χ2v) is 7.30. The topological polar surface area (TPSA) is 100 Å². The summed E-state index contributed by atoms with van der Waals surface area (Å²) in [6.07, 6.45) is 5.71. The lowest BCUT2D eigenvalue weighted by Crippen LogP contribution is -2.47. The molecule has 2 aromatic heterocycles. The first kappa shape index (κ1) is 18.7. The van der Waals surface area contributed by atoms with E-state index in [1.165, 1.54) is 10.9 Å². The van der Waals surface area contributed by atoms with Crippen LogP contribution in [0.5, 0.6) is 0 Å². The SMILES string of the molecule is O=c1c2c(-c3cccnc3)cccc2ncn1CC(O)C[C@H]1NCCC[C@@H]1O. The van der Waals surface area contributed by atoms with Gasteiger partial charge in [-0.1, -0.05) is 18.2 Å². The first-order valence-corrected chi connectivity index (χ1v) is 9.61. The van der Waals surface area contributed by atoms with Crippen LogP contribution in [0.25, 0.3) is 22.0 Å². The summed E-state index contributed by atoms with van der Waals surface area (Å²) in [7, 11) is 0. The Morgan fingerprint density at radius 2 is 2.18 bits per heavy atom. The maximum Gasteiger partial charge on any atom is 0.261 e. The van der Waals surface area contributed by atoms with Gasteiger partial charge in [0.25, 0.3) is 5.56 Å². The van der Waals surface area contributed by atoms with Gasteiger partial charge in [-0.25, -0.2) is 4.98 Å². The van der Waals surface area contributed by atoms with Gasteiger partial charge < -0.3 is 15.5 Å². The molecule has 0 aliphatic carbocycles. The molecule has 1 saturated heterocycles. The first-order chi connectivity index (χ1) is 13.6. The van der Waals surface area contributed by atoms with Crippen LogP contribution < -0.4 is 10.9 Å². The van der Waals surface area contributed by atoms with Crippen LogP contribution in [-0.4, -0.2) is 49.5 Å². The summed E-state index contributed by atoms with van der Waals surface area (Å²) in [6.45, 7) is 0.967. The van der Waals surface area contributed by atoms with Crippen LogP contribution in [0.15, 0.2) is 53.8 Å². The minimum atomic E-state index is -0.757. The molecule has 1 aliphatic heterocycles. The summed E-state index contributed by atoms with van der Waals surface area (Å²) in [5.41, 5.74) is 2.04. The Labute approximate surface area is 162 Å². The number of pyridine rings is 1. The highest BCUT2D eigenvalue weighted by Crippen LogP contribution is 2.24. The van der Waals surface area contributed by atoms with Gasteiger partial charge in [-0.05, 0) is 43.5 Å². The van der Waals surface area contributed by atoms with Crippen molar-refractivity contribution >= 4 is 10.9 Å². The van der Waals surface area contributed by atoms with Crippen molar-refractivity contribution in [1.29, 1.82) is 0 Å². The lowest BCUT2D eigenvalue weighted by atomic mass is 9.96. The standard InChI is InChI=1S/C21H24N4O3/c26-15(10-18-19(27)7-3-9-23-18)12-25-13-24-17-6-1-5-16(20(17)21(25)28)14-4-2-8-22-11-14/h1-2,4-6,8,11,13,15,18-19,23,26-27H,3,7,9-10,12H2/t15?,18-,19+/m1/s1. The van der Waals surface area contributed by atoms with Crippen molar-refractivity contribution in [1.82, 2.24) is 19.9 Å².